The Balaban J connectivity index is 1.43. The summed E-state index contributed by atoms with van der Waals surface area (Å²) in [5, 5.41) is 3.73. The van der Waals surface area contributed by atoms with Gasteiger partial charge >= 0.3 is 0 Å². The summed E-state index contributed by atoms with van der Waals surface area (Å²) in [7, 11) is 0. The number of benzene rings is 1. The number of hydrogen-bond acceptors (Lipinski definition) is 3. The van der Waals surface area contributed by atoms with Crippen molar-refractivity contribution in [1.29, 1.82) is 0 Å². The minimum absolute atomic E-state index is 0.0953. The van der Waals surface area contributed by atoms with E-state index in [1.165, 1.54) is 0 Å². The van der Waals surface area contributed by atoms with E-state index < -0.39 is 0 Å². The van der Waals surface area contributed by atoms with Crippen LogP contribution >= 0.6 is 0 Å². The minimum atomic E-state index is -0.0953. The number of aryl methyl sites for hydroxylation is 1. The van der Waals surface area contributed by atoms with Crippen molar-refractivity contribution >= 4 is 0 Å². The quantitative estimate of drug-likeness (QED) is 0.884. The molecular weight excluding hydrogens is 303 g/mol. The third-order valence-corrected chi connectivity index (χ3v) is 4.85. The molecule has 1 aromatic carbocycles. The minimum Gasteiger partial charge on any atom is -0.334 e. The second-order valence-corrected chi connectivity index (χ2v) is 6.84. The Morgan fingerprint density at radius 3 is 2.71 bits per heavy atom. The predicted octanol–water partition coefficient (Wildman–Crippen LogP) is 2.97. The van der Waals surface area contributed by atoms with E-state index in [1.807, 2.05) is 31.5 Å². The standard InChI is InChI=1S/C19H27FN4/c1-15(13-24-12-9-21-16(24)2)22-18-7-10-23(11-8-18)14-17-5-3-4-6-19(17)20/h3-6,9,12,15,18,22H,7-8,10-11,13-14H2,1-2H3/t15-/m1/s1. The molecule has 1 N–H and O–H groups in total. The Hall–Kier alpha value is -1.72. The van der Waals surface area contributed by atoms with Crippen molar-refractivity contribution in [2.45, 2.75) is 51.9 Å². The summed E-state index contributed by atoms with van der Waals surface area (Å²) >= 11 is 0. The van der Waals surface area contributed by atoms with E-state index >= 15 is 0 Å². The predicted molar refractivity (Wildman–Crippen MR) is 94.3 cm³/mol. The molecule has 0 spiro atoms. The molecule has 0 saturated carbocycles. The summed E-state index contributed by atoms with van der Waals surface area (Å²) in [6.07, 6.45) is 6.11. The first-order valence-electron chi connectivity index (χ1n) is 8.81. The second-order valence-electron chi connectivity index (χ2n) is 6.84. The SMILES string of the molecule is Cc1nccn1C[C@@H](C)NC1CCN(Cc2ccccc2F)CC1. The van der Waals surface area contributed by atoms with Crippen molar-refractivity contribution in [3.05, 3.63) is 53.9 Å². The molecule has 1 atom stereocenters. The molecule has 2 aromatic rings. The number of imidazole rings is 1. The van der Waals surface area contributed by atoms with Crippen molar-refractivity contribution < 1.29 is 4.39 Å². The maximum absolute atomic E-state index is 13.8. The van der Waals surface area contributed by atoms with Crippen molar-refractivity contribution in [3.8, 4) is 0 Å². The number of halogens is 1. The lowest BCUT2D eigenvalue weighted by molar-refractivity contribution is 0.181. The molecule has 130 valence electrons. The Morgan fingerprint density at radius 1 is 1.29 bits per heavy atom. The Morgan fingerprint density at radius 2 is 2.04 bits per heavy atom. The third-order valence-electron chi connectivity index (χ3n) is 4.85. The van der Waals surface area contributed by atoms with Gasteiger partial charge in [0.2, 0.25) is 0 Å². The summed E-state index contributed by atoms with van der Waals surface area (Å²) in [4.78, 5) is 6.62. The van der Waals surface area contributed by atoms with Gasteiger partial charge in [-0.3, -0.25) is 4.90 Å². The molecule has 1 aliphatic heterocycles. The smallest absolute Gasteiger partial charge is 0.127 e. The van der Waals surface area contributed by atoms with Crippen LogP contribution in [0.1, 0.15) is 31.2 Å². The third kappa shape index (κ3) is 4.42. The van der Waals surface area contributed by atoms with Crippen molar-refractivity contribution in [3.63, 3.8) is 0 Å². The maximum Gasteiger partial charge on any atom is 0.127 e. The second kappa shape index (κ2) is 7.90. The lowest BCUT2D eigenvalue weighted by atomic mass is 10.0. The number of nitrogens with one attached hydrogen (secondary N) is 1. The van der Waals surface area contributed by atoms with Gasteiger partial charge in [-0.25, -0.2) is 9.37 Å². The van der Waals surface area contributed by atoms with Crippen molar-refractivity contribution in [1.82, 2.24) is 19.8 Å². The topological polar surface area (TPSA) is 33.1 Å². The highest BCUT2D eigenvalue weighted by Gasteiger charge is 2.21. The Bertz CT molecular complexity index is 646. The highest BCUT2D eigenvalue weighted by molar-refractivity contribution is 5.17. The van der Waals surface area contributed by atoms with E-state index in [0.29, 0.717) is 18.6 Å². The van der Waals surface area contributed by atoms with E-state index in [9.17, 15) is 4.39 Å². The van der Waals surface area contributed by atoms with Gasteiger partial charge in [-0.2, -0.15) is 0 Å². The van der Waals surface area contributed by atoms with Crippen LogP contribution in [-0.4, -0.2) is 39.6 Å². The van der Waals surface area contributed by atoms with Gasteiger partial charge in [-0.15, -0.1) is 0 Å². The van der Waals surface area contributed by atoms with E-state index in [1.54, 1.807) is 12.1 Å². The van der Waals surface area contributed by atoms with Crippen molar-refractivity contribution in [2.24, 2.45) is 0 Å². The first kappa shape index (κ1) is 17.1. The van der Waals surface area contributed by atoms with Crippen LogP contribution in [0.4, 0.5) is 4.39 Å². The van der Waals surface area contributed by atoms with Gasteiger partial charge in [0.25, 0.3) is 0 Å². The van der Waals surface area contributed by atoms with Crippen LogP contribution in [0, 0.1) is 12.7 Å². The fraction of sp³-hybridized carbons (Fsp3) is 0.526. The molecule has 24 heavy (non-hydrogen) atoms. The molecule has 1 saturated heterocycles. The van der Waals surface area contributed by atoms with Crippen LogP contribution in [0.2, 0.25) is 0 Å². The lowest BCUT2D eigenvalue weighted by Gasteiger charge is -2.34. The highest BCUT2D eigenvalue weighted by Crippen LogP contribution is 2.16. The number of piperidine rings is 1. The number of likely N-dealkylation sites (tertiary alicyclic amines) is 1. The van der Waals surface area contributed by atoms with Crippen LogP contribution in [-0.2, 0) is 13.1 Å². The van der Waals surface area contributed by atoms with Crippen LogP contribution in [0.5, 0.6) is 0 Å². The molecule has 3 rings (SSSR count). The molecular formula is C19H27FN4. The molecule has 0 aliphatic carbocycles. The van der Waals surface area contributed by atoms with Crippen molar-refractivity contribution in [2.75, 3.05) is 13.1 Å². The van der Waals surface area contributed by atoms with E-state index in [0.717, 1.165) is 43.9 Å². The van der Waals surface area contributed by atoms with Gasteiger partial charge in [0, 0.05) is 43.1 Å². The molecule has 1 fully saturated rings. The maximum atomic E-state index is 13.8. The van der Waals surface area contributed by atoms with Gasteiger partial charge in [0.05, 0.1) is 0 Å². The van der Waals surface area contributed by atoms with Gasteiger partial charge < -0.3 is 9.88 Å². The molecule has 0 unspecified atom stereocenters. The Kier molecular flexibility index (Phi) is 5.63. The highest BCUT2D eigenvalue weighted by atomic mass is 19.1. The molecule has 0 bridgehead atoms. The van der Waals surface area contributed by atoms with Gasteiger partial charge in [0.1, 0.15) is 11.6 Å². The largest absolute Gasteiger partial charge is 0.334 e. The van der Waals surface area contributed by atoms with E-state index in [-0.39, 0.29) is 5.82 Å². The van der Waals surface area contributed by atoms with Gasteiger partial charge in [-0.05, 0) is 45.8 Å². The zero-order valence-electron chi connectivity index (χ0n) is 14.6. The number of rotatable bonds is 6. The molecule has 1 aromatic heterocycles. The zero-order chi connectivity index (χ0) is 16.9. The summed E-state index contributed by atoms with van der Waals surface area (Å²) in [5.74, 6) is 0.963. The average Bonchev–Trinajstić information content (AvgIpc) is 2.96. The van der Waals surface area contributed by atoms with Gasteiger partial charge in [0.15, 0.2) is 0 Å². The molecule has 2 heterocycles. The average molecular weight is 330 g/mol. The fourth-order valence-electron chi connectivity index (χ4n) is 3.47. The zero-order valence-corrected chi connectivity index (χ0v) is 14.6. The molecule has 0 amide bonds. The van der Waals surface area contributed by atoms with Crippen LogP contribution in [0.15, 0.2) is 36.7 Å². The summed E-state index contributed by atoms with van der Waals surface area (Å²) in [6.45, 7) is 7.95. The van der Waals surface area contributed by atoms with E-state index in [2.05, 4.69) is 26.7 Å². The van der Waals surface area contributed by atoms with Crippen LogP contribution in [0.3, 0.4) is 0 Å². The monoisotopic (exact) mass is 330 g/mol. The Labute approximate surface area is 143 Å². The summed E-state index contributed by atoms with van der Waals surface area (Å²) in [6, 6.07) is 8.05. The fourth-order valence-corrected chi connectivity index (χ4v) is 3.47. The summed E-state index contributed by atoms with van der Waals surface area (Å²) in [5.41, 5.74) is 0.799. The first-order valence-corrected chi connectivity index (χ1v) is 8.81. The van der Waals surface area contributed by atoms with E-state index in [4.69, 9.17) is 0 Å². The molecule has 1 aliphatic rings. The number of nitrogens with zero attached hydrogens (tertiary/aromatic N) is 3. The molecule has 0 radical (unpaired) electrons. The van der Waals surface area contributed by atoms with Crippen LogP contribution in [0.25, 0.3) is 0 Å². The first-order chi connectivity index (χ1) is 11.6. The number of hydrogen-bond donors (Lipinski definition) is 1. The van der Waals surface area contributed by atoms with Crippen LogP contribution < -0.4 is 5.32 Å². The number of aromatic nitrogens is 2. The lowest BCUT2D eigenvalue weighted by Crippen LogP contribution is -2.46. The normalized spacial score (nSPS) is 18.0. The summed E-state index contributed by atoms with van der Waals surface area (Å²) < 4.78 is 15.9. The van der Waals surface area contributed by atoms with Gasteiger partial charge in [-0.1, -0.05) is 18.2 Å². The molecule has 4 nitrogen and oxygen atoms in total. The molecule has 5 heteroatoms.